The minimum atomic E-state index is -0.833. The summed E-state index contributed by atoms with van der Waals surface area (Å²) in [5.41, 5.74) is 10.2. The predicted octanol–water partition coefficient (Wildman–Crippen LogP) is 3.10. The van der Waals surface area contributed by atoms with Crippen LogP contribution in [0.25, 0.3) is 0 Å². The summed E-state index contributed by atoms with van der Waals surface area (Å²) in [5.74, 6) is -0.197. The van der Waals surface area contributed by atoms with Crippen LogP contribution in [0.1, 0.15) is 72.1 Å². The minimum absolute atomic E-state index is 0.318. The first-order valence-electron chi connectivity index (χ1n) is 7.13. The van der Waals surface area contributed by atoms with Crippen molar-refractivity contribution in [2.24, 2.45) is 11.5 Å². The van der Waals surface area contributed by atoms with Gasteiger partial charge in [-0.1, -0.05) is 39.5 Å². The van der Waals surface area contributed by atoms with Crippen molar-refractivity contribution in [1.82, 2.24) is 0 Å². The van der Waals surface area contributed by atoms with Crippen LogP contribution in [0.5, 0.6) is 0 Å². The number of nitrogens with one attached hydrogen (secondary N) is 2. The second-order valence-corrected chi connectivity index (χ2v) is 4.48. The molecule has 0 unspecified atom stereocenters. The van der Waals surface area contributed by atoms with Gasteiger partial charge in [-0.05, 0) is 12.8 Å². The van der Waals surface area contributed by atoms with Crippen LogP contribution in [0.4, 0.5) is 0 Å². The summed E-state index contributed by atoms with van der Waals surface area (Å²) in [7, 11) is 0. The molecule has 0 rings (SSSR count). The summed E-state index contributed by atoms with van der Waals surface area (Å²) in [5, 5.41) is 21.1. The largest absolute Gasteiger partial charge is 0.481 e. The molecule has 0 fully saturated rings. The summed E-state index contributed by atoms with van der Waals surface area (Å²) >= 11 is 0. The van der Waals surface area contributed by atoms with E-state index in [4.69, 9.17) is 32.2 Å². The summed E-state index contributed by atoms with van der Waals surface area (Å²) < 4.78 is 0. The molecule has 0 spiro atoms. The van der Waals surface area contributed by atoms with Crippen molar-refractivity contribution >= 4 is 17.6 Å². The third-order valence-corrected chi connectivity index (χ3v) is 2.10. The molecular formula is C14H32N4O2. The van der Waals surface area contributed by atoms with Crippen molar-refractivity contribution in [2.45, 2.75) is 72.1 Å². The number of amidine groups is 2. The molecule has 6 nitrogen and oxygen atoms in total. The Morgan fingerprint density at radius 3 is 1.30 bits per heavy atom. The number of unbranched alkanes of at least 4 members (excludes halogenated alkanes) is 4. The highest BCUT2D eigenvalue weighted by Gasteiger charge is 1.87. The van der Waals surface area contributed by atoms with E-state index in [-0.39, 0.29) is 0 Å². The highest BCUT2D eigenvalue weighted by molar-refractivity contribution is 5.76. The van der Waals surface area contributed by atoms with Crippen molar-refractivity contribution in [1.29, 1.82) is 10.8 Å². The first kappa shape index (κ1) is 23.5. The van der Waals surface area contributed by atoms with Crippen LogP contribution in [0.15, 0.2) is 0 Å². The summed E-state index contributed by atoms with van der Waals surface area (Å²) in [6.07, 6.45) is 8.49. The fourth-order valence-electron chi connectivity index (χ4n) is 1.13. The van der Waals surface area contributed by atoms with E-state index >= 15 is 0 Å². The van der Waals surface area contributed by atoms with Gasteiger partial charge in [-0.2, -0.15) is 0 Å². The number of rotatable bonds is 8. The van der Waals surface area contributed by atoms with Gasteiger partial charge in [-0.15, -0.1) is 0 Å². The second kappa shape index (κ2) is 19.7. The number of nitrogens with two attached hydrogens (primary N) is 2. The molecule has 6 heteroatoms. The van der Waals surface area contributed by atoms with E-state index < -0.39 is 5.97 Å². The molecule has 0 saturated heterocycles. The average molecular weight is 288 g/mol. The van der Waals surface area contributed by atoms with E-state index in [0.29, 0.717) is 11.7 Å². The van der Waals surface area contributed by atoms with Crippen molar-refractivity contribution in [3.05, 3.63) is 0 Å². The molecule has 0 atom stereocenters. The third kappa shape index (κ3) is 55.1. The first-order valence-corrected chi connectivity index (χ1v) is 7.13. The molecule has 0 aliphatic rings. The van der Waals surface area contributed by atoms with E-state index in [1.54, 1.807) is 0 Å². The van der Waals surface area contributed by atoms with Gasteiger partial charge < -0.3 is 16.6 Å². The van der Waals surface area contributed by atoms with E-state index in [1.807, 2.05) is 0 Å². The summed E-state index contributed by atoms with van der Waals surface area (Å²) in [6, 6.07) is 0. The van der Waals surface area contributed by atoms with Gasteiger partial charge in [0.05, 0.1) is 11.7 Å². The normalized spacial score (nSPS) is 8.55. The highest BCUT2D eigenvalue weighted by Crippen LogP contribution is 1.97. The molecule has 0 aromatic rings. The fraction of sp³-hybridized carbons (Fsp3) is 0.786. The Kier molecular flexibility index (Phi) is 23.2. The van der Waals surface area contributed by atoms with Gasteiger partial charge in [0.25, 0.3) is 5.97 Å². The Labute approximate surface area is 123 Å². The molecule has 120 valence electrons. The lowest BCUT2D eigenvalue weighted by atomic mass is 10.2. The topological polar surface area (TPSA) is 137 Å². The highest BCUT2D eigenvalue weighted by atomic mass is 16.4. The molecule has 0 radical (unpaired) electrons. The van der Waals surface area contributed by atoms with Crippen LogP contribution in [-0.4, -0.2) is 22.7 Å². The maximum atomic E-state index is 9.00. The van der Waals surface area contributed by atoms with Gasteiger partial charge in [0.2, 0.25) is 0 Å². The van der Waals surface area contributed by atoms with Gasteiger partial charge in [-0.3, -0.25) is 15.6 Å². The molecule has 0 aliphatic carbocycles. The van der Waals surface area contributed by atoms with Crippen LogP contribution in [0, 0.1) is 10.8 Å². The zero-order valence-corrected chi connectivity index (χ0v) is 13.2. The lowest BCUT2D eigenvalue weighted by Crippen LogP contribution is -2.08. The molecule has 0 aliphatic heterocycles. The van der Waals surface area contributed by atoms with Crippen LogP contribution in [0.2, 0.25) is 0 Å². The molecule has 0 aromatic heterocycles. The van der Waals surface area contributed by atoms with Crippen LogP contribution >= 0.6 is 0 Å². The van der Waals surface area contributed by atoms with E-state index in [1.165, 1.54) is 25.7 Å². The number of aliphatic carboxylic acids is 1. The van der Waals surface area contributed by atoms with Gasteiger partial charge in [0.15, 0.2) is 0 Å². The molecule has 0 aromatic carbocycles. The SMILES string of the molecule is CC(=O)O.CCCCCC(=N)N.CCCCCC(=N)N. The van der Waals surface area contributed by atoms with Crippen molar-refractivity contribution in [3.8, 4) is 0 Å². The maximum absolute atomic E-state index is 9.00. The Hall–Kier alpha value is -1.59. The van der Waals surface area contributed by atoms with E-state index in [2.05, 4.69) is 13.8 Å². The lowest BCUT2D eigenvalue weighted by Gasteiger charge is -1.93. The quantitative estimate of drug-likeness (QED) is 0.266. The molecule has 7 N–H and O–H groups in total. The van der Waals surface area contributed by atoms with Gasteiger partial charge in [0.1, 0.15) is 0 Å². The third-order valence-electron chi connectivity index (χ3n) is 2.10. The molecule has 0 heterocycles. The monoisotopic (exact) mass is 288 g/mol. The second-order valence-electron chi connectivity index (χ2n) is 4.48. The number of carboxylic acid groups (broad SMARTS) is 1. The van der Waals surface area contributed by atoms with Crippen LogP contribution in [0.3, 0.4) is 0 Å². The van der Waals surface area contributed by atoms with E-state index in [0.717, 1.165) is 32.6 Å². The number of carboxylic acids is 1. The maximum Gasteiger partial charge on any atom is 0.300 e. The number of carbonyl (C=O) groups is 1. The Bertz CT molecular complexity index is 232. The van der Waals surface area contributed by atoms with E-state index in [9.17, 15) is 0 Å². The Balaban J connectivity index is -0.000000230. The molecule has 0 amide bonds. The molecular weight excluding hydrogens is 256 g/mol. The van der Waals surface area contributed by atoms with Crippen LogP contribution in [-0.2, 0) is 4.79 Å². The first-order chi connectivity index (χ1) is 9.27. The number of hydrogen-bond donors (Lipinski definition) is 5. The lowest BCUT2D eigenvalue weighted by molar-refractivity contribution is -0.134. The van der Waals surface area contributed by atoms with Gasteiger partial charge in [-0.25, -0.2) is 0 Å². The van der Waals surface area contributed by atoms with Crippen LogP contribution < -0.4 is 11.5 Å². The Morgan fingerprint density at radius 1 is 0.900 bits per heavy atom. The van der Waals surface area contributed by atoms with Gasteiger partial charge in [0, 0.05) is 19.8 Å². The zero-order valence-electron chi connectivity index (χ0n) is 13.2. The summed E-state index contributed by atoms with van der Waals surface area (Å²) in [6.45, 7) is 5.36. The standard InChI is InChI=1S/2C6H14N2.C2H4O2/c2*1-2-3-4-5-6(7)8;1-2(3)4/h2*2-5H2,1H3,(H3,7,8);1H3,(H,3,4). The molecule has 0 bridgehead atoms. The fourth-order valence-corrected chi connectivity index (χ4v) is 1.13. The van der Waals surface area contributed by atoms with Crippen molar-refractivity contribution in [2.75, 3.05) is 0 Å². The molecule has 20 heavy (non-hydrogen) atoms. The van der Waals surface area contributed by atoms with Crippen molar-refractivity contribution in [3.63, 3.8) is 0 Å². The van der Waals surface area contributed by atoms with Gasteiger partial charge >= 0.3 is 0 Å². The Morgan fingerprint density at radius 2 is 1.15 bits per heavy atom. The average Bonchev–Trinajstić information content (AvgIpc) is 2.29. The molecule has 0 saturated carbocycles. The summed E-state index contributed by atoms with van der Waals surface area (Å²) in [4.78, 5) is 9.00. The zero-order chi connectivity index (χ0) is 16.4. The minimum Gasteiger partial charge on any atom is -0.481 e. The predicted molar refractivity (Wildman–Crippen MR) is 85.4 cm³/mol. The van der Waals surface area contributed by atoms with Crippen molar-refractivity contribution < 1.29 is 9.90 Å². The smallest absolute Gasteiger partial charge is 0.300 e. The number of hydrogen-bond acceptors (Lipinski definition) is 3.